The first-order valence-electron chi connectivity index (χ1n) is 8.88. The number of fused-ring (bicyclic) bond motifs is 3. The molecule has 1 aromatic carbocycles. The van der Waals surface area contributed by atoms with Crippen molar-refractivity contribution in [1.29, 1.82) is 0 Å². The standard InChI is InChI=1S/C18H17F3N4O2S/c1-17(26,18(19,20)21)12-3-2-11(15-22-4-5-28-15)14-13(12)24-16(27-14)25-7-9-6-10(8-25)23-9/h2-5,9-10,23,26H,6-8H2,1H3/t9?,10?,17-/m1/s1. The maximum Gasteiger partial charge on any atom is 0.421 e. The zero-order valence-electron chi connectivity index (χ0n) is 14.8. The highest BCUT2D eigenvalue weighted by molar-refractivity contribution is 7.13. The number of nitrogens with zero attached hydrogens (tertiary/aromatic N) is 3. The van der Waals surface area contributed by atoms with Gasteiger partial charge in [0.05, 0.1) is 5.56 Å². The summed E-state index contributed by atoms with van der Waals surface area (Å²) in [6, 6.07) is 3.71. The number of rotatable bonds is 3. The molecular formula is C18H17F3N4O2S. The minimum absolute atomic E-state index is 0.0113. The van der Waals surface area contributed by atoms with Crippen LogP contribution in [-0.4, -0.2) is 46.4 Å². The van der Waals surface area contributed by atoms with Crippen LogP contribution >= 0.6 is 11.3 Å². The first kappa shape index (κ1) is 17.9. The molecule has 3 fully saturated rings. The molecule has 10 heteroatoms. The van der Waals surface area contributed by atoms with E-state index in [9.17, 15) is 18.3 Å². The van der Waals surface area contributed by atoms with Gasteiger partial charge in [-0.25, -0.2) is 4.98 Å². The van der Waals surface area contributed by atoms with Crippen molar-refractivity contribution in [3.63, 3.8) is 0 Å². The fourth-order valence-electron chi connectivity index (χ4n) is 3.87. The van der Waals surface area contributed by atoms with Crippen LogP contribution < -0.4 is 10.2 Å². The van der Waals surface area contributed by atoms with Crippen LogP contribution in [0.5, 0.6) is 0 Å². The van der Waals surface area contributed by atoms with Gasteiger partial charge in [0.25, 0.3) is 6.01 Å². The van der Waals surface area contributed by atoms with Gasteiger partial charge in [0.1, 0.15) is 10.5 Å². The van der Waals surface area contributed by atoms with Crippen LogP contribution in [0.25, 0.3) is 21.7 Å². The van der Waals surface area contributed by atoms with Crippen molar-refractivity contribution in [2.24, 2.45) is 0 Å². The van der Waals surface area contributed by atoms with Crippen LogP contribution in [0.1, 0.15) is 18.9 Å². The Morgan fingerprint density at radius 2 is 2.00 bits per heavy atom. The Morgan fingerprint density at radius 1 is 1.29 bits per heavy atom. The highest BCUT2D eigenvalue weighted by Gasteiger charge is 2.52. The summed E-state index contributed by atoms with van der Waals surface area (Å²) in [6.45, 7) is 2.10. The highest BCUT2D eigenvalue weighted by Crippen LogP contribution is 2.44. The van der Waals surface area contributed by atoms with E-state index in [1.54, 1.807) is 11.6 Å². The van der Waals surface area contributed by atoms with Crippen LogP contribution in [0, 0.1) is 0 Å². The first-order valence-corrected chi connectivity index (χ1v) is 9.76. The predicted octanol–water partition coefficient (Wildman–Crippen LogP) is 3.27. The summed E-state index contributed by atoms with van der Waals surface area (Å²) in [5, 5.41) is 16.1. The third kappa shape index (κ3) is 2.62. The van der Waals surface area contributed by atoms with Gasteiger partial charge < -0.3 is 19.7 Å². The molecule has 6 rings (SSSR count). The van der Waals surface area contributed by atoms with E-state index < -0.39 is 11.8 Å². The Bertz CT molecular complexity index is 1020. The Labute approximate surface area is 162 Å². The van der Waals surface area contributed by atoms with Crippen molar-refractivity contribution >= 4 is 28.5 Å². The van der Waals surface area contributed by atoms with Gasteiger partial charge in [-0.2, -0.15) is 18.2 Å². The molecule has 0 aliphatic carbocycles. The summed E-state index contributed by atoms with van der Waals surface area (Å²) in [5.74, 6) is 0. The average Bonchev–Trinajstić information content (AvgIpc) is 3.29. The van der Waals surface area contributed by atoms with Gasteiger partial charge in [-0.05, 0) is 19.4 Å². The zero-order valence-corrected chi connectivity index (χ0v) is 15.6. The molecule has 3 aliphatic heterocycles. The first-order chi connectivity index (χ1) is 13.2. The summed E-state index contributed by atoms with van der Waals surface area (Å²) in [6.07, 6.45) is -2.15. The highest BCUT2D eigenvalue weighted by atomic mass is 32.1. The Kier molecular flexibility index (Phi) is 3.78. The molecule has 2 aromatic heterocycles. The molecule has 0 saturated carbocycles. The third-order valence-corrected chi connectivity index (χ3v) is 6.27. The largest absolute Gasteiger partial charge is 0.423 e. The molecule has 0 radical (unpaired) electrons. The lowest BCUT2D eigenvalue weighted by atomic mass is 9.92. The summed E-state index contributed by atoms with van der Waals surface area (Å²) in [4.78, 5) is 10.6. The van der Waals surface area contributed by atoms with E-state index in [2.05, 4.69) is 15.3 Å². The van der Waals surface area contributed by atoms with E-state index in [-0.39, 0.29) is 22.7 Å². The maximum absolute atomic E-state index is 13.5. The maximum atomic E-state index is 13.5. The smallest absolute Gasteiger partial charge is 0.421 e. The summed E-state index contributed by atoms with van der Waals surface area (Å²) < 4.78 is 46.5. The molecule has 2 N–H and O–H groups in total. The Hall–Kier alpha value is -2.17. The number of thiazole rings is 1. The van der Waals surface area contributed by atoms with Gasteiger partial charge in [0, 0.05) is 42.3 Å². The number of alkyl halides is 3. The molecule has 3 atom stereocenters. The number of aromatic nitrogens is 2. The van der Waals surface area contributed by atoms with Crippen LogP contribution in [0.3, 0.4) is 0 Å². The number of benzene rings is 1. The Balaban J connectivity index is 1.68. The van der Waals surface area contributed by atoms with Crippen LogP contribution in [0.2, 0.25) is 0 Å². The molecule has 2 unspecified atom stereocenters. The number of oxazole rings is 1. The average molecular weight is 410 g/mol. The minimum Gasteiger partial charge on any atom is -0.423 e. The van der Waals surface area contributed by atoms with Crippen LogP contribution in [0.4, 0.5) is 19.2 Å². The fraction of sp³-hybridized carbons (Fsp3) is 0.444. The number of hydrogen-bond acceptors (Lipinski definition) is 7. The van der Waals surface area contributed by atoms with Gasteiger partial charge in [-0.15, -0.1) is 11.3 Å². The van der Waals surface area contributed by atoms with Crippen molar-refractivity contribution in [3.8, 4) is 10.6 Å². The second kappa shape index (κ2) is 5.91. The second-order valence-electron chi connectivity index (χ2n) is 7.44. The normalized spacial score (nSPS) is 24.2. The molecule has 3 aromatic rings. The van der Waals surface area contributed by atoms with Crippen LogP contribution in [0.15, 0.2) is 28.1 Å². The van der Waals surface area contributed by atoms with E-state index in [1.165, 1.54) is 23.5 Å². The molecule has 6 nitrogen and oxygen atoms in total. The van der Waals surface area contributed by atoms with Gasteiger partial charge in [-0.3, -0.25) is 0 Å². The number of halogens is 3. The lowest BCUT2D eigenvalue weighted by Crippen LogP contribution is -2.67. The second-order valence-corrected chi connectivity index (χ2v) is 8.34. The number of piperidine rings is 1. The molecule has 3 aliphatic rings. The van der Waals surface area contributed by atoms with Gasteiger partial charge >= 0.3 is 6.18 Å². The lowest BCUT2D eigenvalue weighted by molar-refractivity contribution is -0.258. The Morgan fingerprint density at radius 3 is 2.61 bits per heavy atom. The van der Waals surface area contributed by atoms with Crippen molar-refractivity contribution in [1.82, 2.24) is 15.3 Å². The van der Waals surface area contributed by atoms with E-state index >= 15 is 0 Å². The quantitative estimate of drug-likeness (QED) is 0.691. The third-order valence-electron chi connectivity index (χ3n) is 5.46. The number of nitrogens with one attached hydrogen (secondary N) is 1. The number of aliphatic hydroxyl groups is 1. The lowest BCUT2D eigenvalue weighted by Gasteiger charge is -2.47. The number of anilines is 1. The number of hydrogen-bond donors (Lipinski definition) is 2. The monoisotopic (exact) mass is 410 g/mol. The summed E-state index contributed by atoms with van der Waals surface area (Å²) >= 11 is 1.35. The zero-order chi connectivity index (χ0) is 19.7. The molecule has 0 spiro atoms. The molecule has 3 saturated heterocycles. The van der Waals surface area contributed by atoms with Crippen molar-refractivity contribution in [2.45, 2.75) is 37.2 Å². The predicted molar refractivity (Wildman–Crippen MR) is 98.3 cm³/mol. The molecule has 0 amide bonds. The SMILES string of the molecule is C[C@@](O)(c1ccc(-c2nccs2)c2oc(N3CC4CC(C3)N4)nc12)C(F)(F)F. The topological polar surface area (TPSA) is 74.4 Å². The molecular weight excluding hydrogens is 393 g/mol. The minimum atomic E-state index is -4.85. The fourth-order valence-corrected chi connectivity index (χ4v) is 4.53. The van der Waals surface area contributed by atoms with Crippen molar-refractivity contribution < 1.29 is 22.7 Å². The van der Waals surface area contributed by atoms with Gasteiger partial charge in [0.2, 0.25) is 0 Å². The van der Waals surface area contributed by atoms with Crippen molar-refractivity contribution in [2.75, 3.05) is 18.0 Å². The van der Waals surface area contributed by atoms with Gasteiger partial charge in [0.15, 0.2) is 11.2 Å². The van der Waals surface area contributed by atoms with Crippen LogP contribution in [-0.2, 0) is 5.60 Å². The molecule has 5 heterocycles. The number of piperazine rings is 1. The van der Waals surface area contributed by atoms with E-state index in [0.717, 1.165) is 13.3 Å². The van der Waals surface area contributed by atoms with Gasteiger partial charge in [-0.1, -0.05) is 6.07 Å². The van der Waals surface area contributed by atoms with E-state index in [4.69, 9.17) is 4.42 Å². The van der Waals surface area contributed by atoms with Crippen molar-refractivity contribution in [3.05, 3.63) is 29.3 Å². The van der Waals surface area contributed by atoms with E-state index in [1.807, 2.05) is 4.90 Å². The molecule has 2 bridgehead atoms. The van der Waals surface area contributed by atoms with E-state index in [0.29, 0.717) is 35.7 Å². The summed E-state index contributed by atoms with van der Waals surface area (Å²) in [7, 11) is 0. The molecule has 28 heavy (non-hydrogen) atoms. The molecule has 148 valence electrons. The summed E-state index contributed by atoms with van der Waals surface area (Å²) in [5.41, 5.74) is -2.60.